The second kappa shape index (κ2) is 8.25. The number of benzene rings is 2. The minimum absolute atomic E-state index is 0.287. The van der Waals surface area contributed by atoms with E-state index in [0.29, 0.717) is 34.5 Å². The molecule has 0 bridgehead atoms. The van der Waals surface area contributed by atoms with Crippen molar-refractivity contribution in [2.75, 3.05) is 11.9 Å². The van der Waals surface area contributed by atoms with Gasteiger partial charge in [0.1, 0.15) is 10.8 Å². The van der Waals surface area contributed by atoms with Crippen molar-refractivity contribution in [2.24, 2.45) is 0 Å². The van der Waals surface area contributed by atoms with Gasteiger partial charge in [-0.1, -0.05) is 53.5 Å². The van der Waals surface area contributed by atoms with Gasteiger partial charge in [-0.25, -0.2) is 0 Å². The molecule has 3 rings (SSSR count). The number of carbonyl (C=O) groups is 1. The molecule has 0 aliphatic rings. The Labute approximate surface area is 161 Å². The number of aromatic nitrogens is 2. The van der Waals surface area contributed by atoms with E-state index in [4.69, 9.17) is 27.9 Å². The molecule has 1 aromatic heterocycles. The molecular formula is C19H17Cl2N3O2. The Morgan fingerprint density at radius 1 is 1.12 bits per heavy atom. The number of halogens is 2. The summed E-state index contributed by atoms with van der Waals surface area (Å²) < 4.78 is 7.12. The normalized spacial score (nSPS) is 10.6. The lowest BCUT2D eigenvalue weighted by molar-refractivity contribution is 0.102. The van der Waals surface area contributed by atoms with Gasteiger partial charge in [0.2, 0.25) is 0 Å². The number of nitrogens with zero attached hydrogens (tertiary/aromatic N) is 2. The van der Waals surface area contributed by atoms with Gasteiger partial charge in [-0.05, 0) is 30.7 Å². The fourth-order valence-electron chi connectivity index (χ4n) is 2.47. The molecule has 2 aromatic carbocycles. The average Bonchev–Trinajstić information content (AvgIpc) is 2.97. The summed E-state index contributed by atoms with van der Waals surface area (Å²) in [6.07, 6.45) is 1.65. The van der Waals surface area contributed by atoms with E-state index in [0.717, 1.165) is 5.56 Å². The predicted molar refractivity (Wildman–Crippen MR) is 103 cm³/mol. The third-order valence-corrected chi connectivity index (χ3v) is 4.32. The average molecular weight is 390 g/mol. The lowest BCUT2D eigenvalue weighted by Gasteiger charge is -2.09. The molecule has 0 atom stereocenters. The number of para-hydroxylation sites is 1. The van der Waals surface area contributed by atoms with Crippen molar-refractivity contribution in [3.05, 3.63) is 75.9 Å². The number of hydrogen-bond donors (Lipinski definition) is 1. The van der Waals surface area contributed by atoms with Gasteiger partial charge in [0.25, 0.3) is 5.91 Å². The van der Waals surface area contributed by atoms with Crippen LogP contribution in [0.25, 0.3) is 0 Å². The van der Waals surface area contributed by atoms with Gasteiger partial charge in [0.05, 0.1) is 18.7 Å². The van der Waals surface area contributed by atoms with Crippen LogP contribution in [0.2, 0.25) is 10.0 Å². The first kappa shape index (κ1) is 18.3. The molecule has 26 heavy (non-hydrogen) atoms. The van der Waals surface area contributed by atoms with E-state index in [9.17, 15) is 4.79 Å². The highest BCUT2D eigenvalue weighted by Crippen LogP contribution is 2.24. The van der Waals surface area contributed by atoms with Crippen LogP contribution in [0.4, 0.5) is 5.82 Å². The number of rotatable bonds is 6. The smallest absolute Gasteiger partial charge is 0.260 e. The molecule has 5 nitrogen and oxygen atoms in total. The largest absolute Gasteiger partial charge is 0.493 e. The molecule has 1 heterocycles. The number of carbonyl (C=O) groups excluding carboxylic acids is 1. The van der Waals surface area contributed by atoms with Gasteiger partial charge in [0, 0.05) is 11.2 Å². The second-order valence-electron chi connectivity index (χ2n) is 5.50. The minimum Gasteiger partial charge on any atom is -0.493 e. The molecule has 134 valence electrons. The number of hydrogen-bond acceptors (Lipinski definition) is 3. The molecule has 0 fully saturated rings. The van der Waals surface area contributed by atoms with Crippen molar-refractivity contribution < 1.29 is 9.53 Å². The van der Waals surface area contributed by atoms with Crippen molar-refractivity contribution in [2.45, 2.75) is 13.5 Å². The Morgan fingerprint density at radius 3 is 2.62 bits per heavy atom. The topological polar surface area (TPSA) is 56.1 Å². The zero-order chi connectivity index (χ0) is 18.5. The monoisotopic (exact) mass is 389 g/mol. The van der Waals surface area contributed by atoms with Gasteiger partial charge in [-0.3, -0.25) is 9.48 Å². The number of ether oxygens (including phenoxy) is 1. The van der Waals surface area contributed by atoms with E-state index in [1.807, 2.05) is 37.3 Å². The first-order valence-corrected chi connectivity index (χ1v) is 8.83. The summed E-state index contributed by atoms with van der Waals surface area (Å²) in [4.78, 5) is 12.6. The summed E-state index contributed by atoms with van der Waals surface area (Å²) in [6.45, 7) is 2.78. The molecule has 1 N–H and O–H groups in total. The van der Waals surface area contributed by atoms with Crippen molar-refractivity contribution in [1.82, 2.24) is 9.78 Å². The van der Waals surface area contributed by atoms with Gasteiger partial charge in [0.15, 0.2) is 5.82 Å². The van der Waals surface area contributed by atoms with E-state index >= 15 is 0 Å². The first-order chi connectivity index (χ1) is 12.6. The van der Waals surface area contributed by atoms with Crippen LogP contribution in [0.5, 0.6) is 5.75 Å². The maximum atomic E-state index is 12.6. The molecule has 0 saturated carbocycles. The van der Waals surface area contributed by atoms with E-state index < -0.39 is 0 Å². The Bertz CT molecular complexity index is 925. The molecule has 3 aromatic rings. The van der Waals surface area contributed by atoms with Crippen molar-refractivity contribution in [3.63, 3.8) is 0 Å². The van der Waals surface area contributed by atoms with Gasteiger partial charge >= 0.3 is 0 Å². The molecule has 7 heteroatoms. The van der Waals surface area contributed by atoms with Crippen molar-refractivity contribution in [3.8, 4) is 5.75 Å². The fourth-order valence-corrected chi connectivity index (χ4v) is 2.87. The van der Waals surface area contributed by atoms with Crippen LogP contribution < -0.4 is 10.1 Å². The zero-order valence-corrected chi connectivity index (χ0v) is 15.6. The summed E-state index contributed by atoms with van der Waals surface area (Å²) in [5.74, 6) is 0.466. The van der Waals surface area contributed by atoms with Crippen LogP contribution in [0.1, 0.15) is 22.8 Å². The van der Waals surface area contributed by atoms with E-state index in [2.05, 4.69) is 10.4 Å². The van der Waals surface area contributed by atoms with Gasteiger partial charge in [-0.2, -0.15) is 5.10 Å². The van der Waals surface area contributed by atoms with Gasteiger partial charge in [-0.15, -0.1) is 0 Å². The number of amides is 1. The Balaban J connectivity index is 1.78. The number of anilines is 1. The summed E-state index contributed by atoms with van der Waals surface area (Å²) in [6, 6.07) is 14.5. The second-order valence-corrected chi connectivity index (χ2v) is 6.31. The Kier molecular flexibility index (Phi) is 5.81. The fraction of sp³-hybridized carbons (Fsp3) is 0.158. The molecule has 0 spiro atoms. The molecule has 0 saturated heterocycles. The first-order valence-electron chi connectivity index (χ1n) is 8.08. The lowest BCUT2D eigenvalue weighted by atomic mass is 10.2. The molecular weight excluding hydrogens is 373 g/mol. The minimum atomic E-state index is -0.334. The standard InChI is InChI=1S/C19H17Cl2N3O2/c1-2-26-17-10-6-4-8-14(17)19(25)22-18-16(21)12-24(23-18)11-13-7-3-5-9-15(13)20/h3-10,12H,2,11H2,1H3,(H,22,23,25). The summed E-state index contributed by atoms with van der Waals surface area (Å²) in [5.41, 5.74) is 1.33. The van der Waals surface area contributed by atoms with Gasteiger partial charge < -0.3 is 10.1 Å². The third kappa shape index (κ3) is 4.18. The van der Waals surface area contributed by atoms with Crippen LogP contribution in [0.15, 0.2) is 54.7 Å². The lowest BCUT2D eigenvalue weighted by Crippen LogP contribution is -2.14. The zero-order valence-electron chi connectivity index (χ0n) is 14.1. The van der Waals surface area contributed by atoms with Crippen LogP contribution in [-0.4, -0.2) is 22.3 Å². The Morgan fingerprint density at radius 2 is 1.85 bits per heavy atom. The highest BCUT2D eigenvalue weighted by atomic mass is 35.5. The van der Waals surface area contributed by atoms with Crippen molar-refractivity contribution >= 4 is 34.9 Å². The summed E-state index contributed by atoms with van der Waals surface area (Å²) in [5, 5.41) is 8.07. The predicted octanol–water partition coefficient (Wildman–Crippen LogP) is 4.89. The molecule has 0 aliphatic heterocycles. The highest BCUT2D eigenvalue weighted by molar-refractivity contribution is 6.33. The quantitative estimate of drug-likeness (QED) is 0.652. The van der Waals surface area contributed by atoms with Crippen LogP contribution >= 0.6 is 23.2 Å². The Hall–Kier alpha value is -2.50. The molecule has 0 aliphatic carbocycles. The van der Waals surface area contributed by atoms with E-state index in [1.54, 1.807) is 29.1 Å². The van der Waals surface area contributed by atoms with Crippen LogP contribution in [-0.2, 0) is 6.54 Å². The number of nitrogens with one attached hydrogen (secondary N) is 1. The molecule has 0 radical (unpaired) electrons. The maximum Gasteiger partial charge on any atom is 0.260 e. The molecule has 1 amide bonds. The SMILES string of the molecule is CCOc1ccccc1C(=O)Nc1nn(Cc2ccccc2Cl)cc1Cl. The van der Waals surface area contributed by atoms with E-state index in [-0.39, 0.29) is 11.7 Å². The molecule has 0 unspecified atom stereocenters. The summed E-state index contributed by atoms with van der Waals surface area (Å²) >= 11 is 12.4. The maximum absolute atomic E-state index is 12.6. The summed E-state index contributed by atoms with van der Waals surface area (Å²) in [7, 11) is 0. The highest BCUT2D eigenvalue weighted by Gasteiger charge is 2.16. The van der Waals surface area contributed by atoms with Crippen molar-refractivity contribution in [1.29, 1.82) is 0 Å². The van der Waals surface area contributed by atoms with Crippen LogP contribution in [0, 0.1) is 0 Å². The van der Waals surface area contributed by atoms with E-state index in [1.165, 1.54) is 0 Å². The third-order valence-electron chi connectivity index (χ3n) is 3.67. The van der Waals surface area contributed by atoms with Crippen LogP contribution in [0.3, 0.4) is 0 Å².